The van der Waals surface area contributed by atoms with Crippen molar-refractivity contribution in [2.24, 2.45) is 0 Å². The van der Waals surface area contributed by atoms with Gasteiger partial charge in [0.2, 0.25) is 0 Å². The third-order valence-electron chi connectivity index (χ3n) is 3.06. The highest BCUT2D eigenvalue weighted by molar-refractivity contribution is 5.97. The molecule has 0 unspecified atom stereocenters. The van der Waals surface area contributed by atoms with Gasteiger partial charge in [-0.3, -0.25) is 4.79 Å². The summed E-state index contributed by atoms with van der Waals surface area (Å²) in [6.45, 7) is 4.37. The fourth-order valence-corrected chi connectivity index (χ4v) is 2.17. The maximum absolute atomic E-state index is 12.2. The number of amides is 1. The summed E-state index contributed by atoms with van der Waals surface area (Å²) in [5.41, 5.74) is 0.616. The van der Waals surface area contributed by atoms with Crippen LogP contribution in [0.15, 0.2) is 24.3 Å². The van der Waals surface area contributed by atoms with Crippen molar-refractivity contribution in [3.05, 3.63) is 29.8 Å². The van der Waals surface area contributed by atoms with Crippen molar-refractivity contribution in [3.8, 4) is 5.75 Å². The molecule has 1 amide bonds. The second-order valence-corrected chi connectivity index (χ2v) is 4.45. The molecule has 0 spiro atoms. The van der Waals surface area contributed by atoms with Gasteiger partial charge in [0.05, 0.1) is 12.2 Å². The van der Waals surface area contributed by atoms with Gasteiger partial charge in [0.25, 0.3) is 5.91 Å². The Labute approximate surface area is 108 Å². The van der Waals surface area contributed by atoms with Crippen molar-refractivity contribution in [1.29, 1.82) is 0 Å². The number of carbonyl (C=O) groups is 1. The molecular formula is C14H20N2O2. The summed E-state index contributed by atoms with van der Waals surface area (Å²) < 4.78 is 5.47. The number of nitrogens with one attached hydrogen (secondary N) is 2. The summed E-state index contributed by atoms with van der Waals surface area (Å²) >= 11 is 0. The molecule has 18 heavy (non-hydrogen) atoms. The molecule has 2 rings (SSSR count). The molecule has 0 aromatic heterocycles. The molecule has 4 nitrogen and oxygen atoms in total. The highest BCUT2D eigenvalue weighted by Crippen LogP contribution is 2.18. The molecule has 4 heteroatoms. The zero-order valence-corrected chi connectivity index (χ0v) is 10.7. The first kappa shape index (κ1) is 12.9. The highest BCUT2D eigenvalue weighted by atomic mass is 16.5. The number of rotatable bonds is 4. The molecule has 0 radical (unpaired) electrons. The summed E-state index contributed by atoms with van der Waals surface area (Å²) in [4.78, 5) is 12.2. The third-order valence-corrected chi connectivity index (χ3v) is 3.06. The molecule has 2 N–H and O–H groups in total. The first-order valence-electron chi connectivity index (χ1n) is 6.54. The molecule has 0 bridgehead atoms. The van der Waals surface area contributed by atoms with Gasteiger partial charge in [-0.2, -0.15) is 0 Å². The smallest absolute Gasteiger partial charge is 0.255 e. The minimum atomic E-state index is -0.0484. The Morgan fingerprint density at radius 1 is 1.50 bits per heavy atom. The van der Waals surface area contributed by atoms with Crippen LogP contribution in [-0.2, 0) is 0 Å². The molecule has 1 aliphatic rings. The molecule has 1 heterocycles. The zero-order chi connectivity index (χ0) is 12.8. The van der Waals surface area contributed by atoms with Crippen molar-refractivity contribution in [1.82, 2.24) is 10.6 Å². The van der Waals surface area contributed by atoms with E-state index in [4.69, 9.17) is 4.74 Å². The van der Waals surface area contributed by atoms with Gasteiger partial charge in [-0.25, -0.2) is 0 Å². The van der Waals surface area contributed by atoms with Crippen LogP contribution in [0.2, 0.25) is 0 Å². The molecule has 1 aromatic rings. The molecular weight excluding hydrogens is 228 g/mol. The SMILES string of the molecule is CCOc1ccccc1C(=O)N[C@H]1CCCNC1. The monoisotopic (exact) mass is 248 g/mol. The van der Waals surface area contributed by atoms with Crippen LogP contribution in [0.25, 0.3) is 0 Å². The fraction of sp³-hybridized carbons (Fsp3) is 0.500. The molecule has 1 aromatic carbocycles. The van der Waals surface area contributed by atoms with E-state index in [0.717, 1.165) is 25.9 Å². The van der Waals surface area contributed by atoms with Crippen molar-refractivity contribution in [2.75, 3.05) is 19.7 Å². The van der Waals surface area contributed by atoms with Gasteiger partial charge in [0, 0.05) is 12.6 Å². The molecule has 1 fully saturated rings. The van der Waals surface area contributed by atoms with E-state index in [1.807, 2.05) is 25.1 Å². The van der Waals surface area contributed by atoms with Crippen molar-refractivity contribution >= 4 is 5.91 Å². The number of para-hydroxylation sites is 1. The van der Waals surface area contributed by atoms with Crippen LogP contribution < -0.4 is 15.4 Å². The second kappa shape index (κ2) is 6.40. The van der Waals surface area contributed by atoms with Crippen molar-refractivity contribution < 1.29 is 9.53 Å². The number of hydrogen-bond acceptors (Lipinski definition) is 3. The number of piperidine rings is 1. The molecule has 98 valence electrons. The van der Waals surface area contributed by atoms with Gasteiger partial charge in [0.15, 0.2) is 0 Å². The Bertz CT molecular complexity index is 401. The maximum Gasteiger partial charge on any atom is 0.255 e. The van der Waals surface area contributed by atoms with Crippen LogP contribution in [0, 0.1) is 0 Å². The summed E-state index contributed by atoms with van der Waals surface area (Å²) in [7, 11) is 0. The second-order valence-electron chi connectivity index (χ2n) is 4.45. The molecule has 0 aliphatic carbocycles. The Hall–Kier alpha value is -1.55. The quantitative estimate of drug-likeness (QED) is 0.850. The fourth-order valence-electron chi connectivity index (χ4n) is 2.17. The molecule has 0 saturated carbocycles. The van der Waals surface area contributed by atoms with Crippen molar-refractivity contribution in [3.63, 3.8) is 0 Å². The zero-order valence-electron chi connectivity index (χ0n) is 10.7. The summed E-state index contributed by atoms with van der Waals surface area (Å²) in [6.07, 6.45) is 2.15. The predicted octanol–water partition coefficient (Wildman–Crippen LogP) is 1.57. The van der Waals surface area contributed by atoms with Crippen molar-refractivity contribution in [2.45, 2.75) is 25.8 Å². The van der Waals surface area contributed by atoms with E-state index in [9.17, 15) is 4.79 Å². The number of hydrogen-bond donors (Lipinski definition) is 2. The van der Waals surface area contributed by atoms with E-state index in [1.54, 1.807) is 6.07 Å². The summed E-state index contributed by atoms with van der Waals surface area (Å²) in [5, 5.41) is 6.34. The normalized spacial score (nSPS) is 19.3. The molecule has 1 atom stereocenters. The van der Waals surface area contributed by atoms with Crippen LogP contribution in [-0.4, -0.2) is 31.6 Å². The van der Waals surface area contributed by atoms with E-state index in [2.05, 4.69) is 10.6 Å². The van der Waals surface area contributed by atoms with Crippen LogP contribution >= 0.6 is 0 Å². The lowest BCUT2D eigenvalue weighted by Crippen LogP contribution is -2.45. The van der Waals surface area contributed by atoms with Crippen LogP contribution in [0.3, 0.4) is 0 Å². The average Bonchev–Trinajstić information content (AvgIpc) is 2.41. The lowest BCUT2D eigenvalue weighted by Gasteiger charge is -2.24. The topological polar surface area (TPSA) is 50.4 Å². The molecule has 1 aliphatic heterocycles. The Morgan fingerprint density at radius 3 is 3.06 bits per heavy atom. The van der Waals surface area contributed by atoms with Gasteiger partial charge >= 0.3 is 0 Å². The summed E-state index contributed by atoms with van der Waals surface area (Å²) in [6, 6.07) is 7.59. The van der Waals surface area contributed by atoms with Gasteiger partial charge < -0.3 is 15.4 Å². The third kappa shape index (κ3) is 3.23. The Balaban J connectivity index is 2.03. The minimum absolute atomic E-state index is 0.0484. The first-order valence-corrected chi connectivity index (χ1v) is 6.54. The Morgan fingerprint density at radius 2 is 2.33 bits per heavy atom. The van der Waals surface area contributed by atoms with Gasteiger partial charge in [0.1, 0.15) is 5.75 Å². The van der Waals surface area contributed by atoms with Crippen LogP contribution in [0.1, 0.15) is 30.1 Å². The largest absolute Gasteiger partial charge is 0.493 e. The molecule has 1 saturated heterocycles. The average molecular weight is 248 g/mol. The number of benzene rings is 1. The minimum Gasteiger partial charge on any atom is -0.493 e. The van der Waals surface area contributed by atoms with Gasteiger partial charge in [-0.05, 0) is 38.4 Å². The van der Waals surface area contributed by atoms with E-state index in [1.165, 1.54) is 0 Å². The predicted molar refractivity (Wildman–Crippen MR) is 71.0 cm³/mol. The van der Waals surface area contributed by atoms with Crippen LogP contribution in [0.4, 0.5) is 0 Å². The van der Waals surface area contributed by atoms with Gasteiger partial charge in [-0.15, -0.1) is 0 Å². The van der Waals surface area contributed by atoms with E-state index in [-0.39, 0.29) is 11.9 Å². The van der Waals surface area contributed by atoms with E-state index < -0.39 is 0 Å². The lowest BCUT2D eigenvalue weighted by atomic mass is 10.1. The van der Waals surface area contributed by atoms with Gasteiger partial charge in [-0.1, -0.05) is 12.1 Å². The lowest BCUT2D eigenvalue weighted by molar-refractivity contribution is 0.0927. The standard InChI is InChI=1S/C14H20N2O2/c1-2-18-13-8-4-3-7-12(13)14(17)16-11-6-5-9-15-10-11/h3-4,7-8,11,15H,2,5-6,9-10H2,1H3,(H,16,17)/t11-/m0/s1. The van der Waals surface area contributed by atoms with E-state index >= 15 is 0 Å². The number of carbonyl (C=O) groups excluding carboxylic acids is 1. The maximum atomic E-state index is 12.2. The Kier molecular flexibility index (Phi) is 4.59. The first-order chi connectivity index (χ1) is 8.81. The van der Waals surface area contributed by atoms with E-state index in [0.29, 0.717) is 17.9 Å². The van der Waals surface area contributed by atoms with Crippen LogP contribution in [0.5, 0.6) is 5.75 Å². The summed E-state index contributed by atoms with van der Waals surface area (Å²) in [5.74, 6) is 0.606. The number of ether oxygens (including phenoxy) is 1. The highest BCUT2D eigenvalue weighted by Gasteiger charge is 2.18.